The summed E-state index contributed by atoms with van der Waals surface area (Å²) in [6.45, 7) is 0.700. The molecule has 90 valence electrons. The minimum Gasteiger partial charge on any atom is -0.370 e. The number of anilines is 1. The summed E-state index contributed by atoms with van der Waals surface area (Å²) in [4.78, 5) is 8.45. The van der Waals surface area contributed by atoms with Gasteiger partial charge in [0.05, 0.1) is 6.54 Å². The molecule has 1 aromatic rings. The van der Waals surface area contributed by atoms with Crippen molar-refractivity contribution >= 4 is 11.8 Å². The second kappa shape index (κ2) is 6.03. The summed E-state index contributed by atoms with van der Waals surface area (Å²) < 4.78 is 0. The van der Waals surface area contributed by atoms with Gasteiger partial charge in [0.25, 0.3) is 0 Å². The third kappa shape index (κ3) is 3.90. The third-order valence-corrected chi connectivity index (χ3v) is 2.76. The molecule has 0 atom stereocenters. The van der Waals surface area contributed by atoms with Crippen molar-refractivity contribution < 1.29 is 0 Å². The number of aromatic nitrogens is 1. The van der Waals surface area contributed by atoms with Gasteiger partial charge in [-0.2, -0.15) is 0 Å². The fraction of sp³-hybridized carbons (Fsp3) is 0.385. The highest BCUT2D eigenvalue weighted by Gasteiger charge is 2.02. The molecular formula is C13H18N4. The van der Waals surface area contributed by atoms with E-state index in [1.807, 2.05) is 18.2 Å². The molecule has 0 bridgehead atoms. The SMILES string of the molecule is NC(=NCC1=CCCCC1)Nc1ccccn1. The molecule has 4 heteroatoms. The van der Waals surface area contributed by atoms with E-state index in [-0.39, 0.29) is 0 Å². The van der Waals surface area contributed by atoms with Crippen LogP contribution in [-0.2, 0) is 0 Å². The van der Waals surface area contributed by atoms with E-state index >= 15 is 0 Å². The lowest BCUT2D eigenvalue weighted by atomic mass is 10.00. The minimum atomic E-state index is 0.426. The number of hydrogen-bond acceptors (Lipinski definition) is 2. The van der Waals surface area contributed by atoms with E-state index in [1.165, 1.54) is 24.8 Å². The van der Waals surface area contributed by atoms with Gasteiger partial charge >= 0.3 is 0 Å². The molecular weight excluding hydrogens is 212 g/mol. The molecule has 3 N–H and O–H groups in total. The smallest absolute Gasteiger partial charge is 0.194 e. The van der Waals surface area contributed by atoms with Crippen molar-refractivity contribution in [2.45, 2.75) is 25.7 Å². The normalized spacial score (nSPS) is 16.5. The molecule has 17 heavy (non-hydrogen) atoms. The van der Waals surface area contributed by atoms with Crippen LogP contribution in [0.4, 0.5) is 5.82 Å². The average molecular weight is 230 g/mol. The fourth-order valence-electron chi connectivity index (χ4n) is 1.84. The molecule has 0 fully saturated rings. The Bertz CT molecular complexity index is 409. The Morgan fingerprint density at radius 3 is 3.06 bits per heavy atom. The quantitative estimate of drug-likeness (QED) is 0.476. The van der Waals surface area contributed by atoms with Gasteiger partial charge in [0.2, 0.25) is 0 Å². The zero-order chi connectivity index (χ0) is 11.9. The van der Waals surface area contributed by atoms with Crippen LogP contribution in [0, 0.1) is 0 Å². The predicted molar refractivity (Wildman–Crippen MR) is 70.9 cm³/mol. The van der Waals surface area contributed by atoms with Crippen LogP contribution in [0.25, 0.3) is 0 Å². The molecule has 0 spiro atoms. The first-order valence-corrected chi connectivity index (χ1v) is 6.00. The van der Waals surface area contributed by atoms with Crippen molar-refractivity contribution in [3.8, 4) is 0 Å². The van der Waals surface area contributed by atoms with Crippen LogP contribution in [0.2, 0.25) is 0 Å². The Morgan fingerprint density at radius 1 is 1.41 bits per heavy atom. The van der Waals surface area contributed by atoms with Crippen LogP contribution in [0.15, 0.2) is 41.0 Å². The van der Waals surface area contributed by atoms with E-state index in [0.29, 0.717) is 12.5 Å². The zero-order valence-corrected chi connectivity index (χ0v) is 9.89. The summed E-state index contributed by atoms with van der Waals surface area (Å²) >= 11 is 0. The molecule has 1 aromatic heterocycles. The van der Waals surface area contributed by atoms with Gasteiger partial charge in [0.1, 0.15) is 5.82 Å². The average Bonchev–Trinajstić information content (AvgIpc) is 2.39. The minimum absolute atomic E-state index is 0.426. The molecule has 1 heterocycles. The summed E-state index contributed by atoms with van der Waals surface area (Å²) in [6, 6.07) is 5.64. The van der Waals surface area contributed by atoms with E-state index in [4.69, 9.17) is 5.73 Å². The number of nitrogens with zero attached hydrogens (tertiary/aromatic N) is 2. The van der Waals surface area contributed by atoms with Gasteiger partial charge in [-0.15, -0.1) is 0 Å². The molecule has 0 saturated heterocycles. The number of hydrogen-bond donors (Lipinski definition) is 2. The van der Waals surface area contributed by atoms with E-state index in [9.17, 15) is 0 Å². The Hall–Kier alpha value is -1.84. The highest BCUT2D eigenvalue weighted by atomic mass is 15.1. The summed E-state index contributed by atoms with van der Waals surface area (Å²) in [6.07, 6.45) is 8.91. The largest absolute Gasteiger partial charge is 0.370 e. The number of rotatable bonds is 3. The van der Waals surface area contributed by atoms with Gasteiger partial charge in [-0.1, -0.05) is 17.7 Å². The first-order valence-electron chi connectivity index (χ1n) is 6.00. The summed E-state index contributed by atoms with van der Waals surface area (Å²) in [5.41, 5.74) is 7.19. The monoisotopic (exact) mass is 230 g/mol. The van der Waals surface area contributed by atoms with Crippen molar-refractivity contribution in [2.24, 2.45) is 10.7 Å². The Kier molecular flexibility index (Phi) is 4.13. The van der Waals surface area contributed by atoms with Crippen LogP contribution in [0.5, 0.6) is 0 Å². The number of nitrogens with one attached hydrogen (secondary N) is 1. The molecule has 0 unspecified atom stereocenters. The lowest BCUT2D eigenvalue weighted by Gasteiger charge is -2.10. The third-order valence-electron chi connectivity index (χ3n) is 2.76. The second-order valence-electron chi connectivity index (χ2n) is 4.15. The van der Waals surface area contributed by atoms with E-state index in [2.05, 4.69) is 21.4 Å². The van der Waals surface area contributed by atoms with Crippen molar-refractivity contribution in [1.29, 1.82) is 0 Å². The molecule has 0 aliphatic heterocycles. The molecule has 1 aliphatic rings. The van der Waals surface area contributed by atoms with E-state index in [0.717, 1.165) is 12.2 Å². The maximum atomic E-state index is 5.79. The number of nitrogens with two attached hydrogens (primary N) is 1. The molecule has 0 saturated carbocycles. The first-order chi connectivity index (χ1) is 8.34. The number of aliphatic imine (C=N–C) groups is 1. The van der Waals surface area contributed by atoms with Crippen LogP contribution < -0.4 is 11.1 Å². The zero-order valence-electron chi connectivity index (χ0n) is 9.89. The molecule has 0 aromatic carbocycles. The second-order valence-corrected chi connectivity index (χ2v) is 4.15. The van der Waals surface area contributed by atoms with Crippen LogP contribution in [0.1, 0.15) is 25.7 Å². The van der Waals surface area contributed by atoms with Gasteiger partial charge < -0.3 is 11.1 Å². The molecule has 1 aliphatic carbocycles. The van der Waals surface area contributed by atoms with Gasteiger partial charge in [-0.3, -0.25) is 0 Å². The summed E-state index contributed by atoms with van der Waals surface area (Å²) in [5.74, 6) is 1.15. The predicted octanol–water partition coefficient (Wildman–Crippen LogP) is 2.31. The maximum absolute atomic E-state index is 5.79. The highest BCUT2D eigenvalue weighted by molar-refractivity contribution is 5.91. The summed E-state index contributed by atoms with van der Waals surface area (Å²) in [5, 5.41) is 2.97. The van der Waals surface area contributed by atoms with Crippen molar-refractivity contribution in [1.82, 2.24) is 4.98 Å². The number of guanidine groups is 1. The van der Waals surface area contributed by atoms with Gasteiger partial charge in [-0.05, 0) is 37.8 Å². The van der Waals surface area contributed by atoms with Crippen molar-refractivity contribution in [2.75, 3.05) is 11.9 Å². The first kappa shape index (κ1) is 11.6. The van der Waals surface area contributed by atoms with Crippen LogP contribution in [0.3, 0.4) is 0 Å². The Labute approximate surface area is 102 Å². The molecule has 4 nitrogen and oxygen atoms in total. The Balaban J connectivity index is 1.87. The maximum Gasteiger partial charge on any atom is 0.194 e. The van der Waals surface area contributed by atoms with Crippen molar-refractivity contribution in [3.05, 3.63) is 36.0 Å². The molecule has 0 amide bonds. The van der Waals surface area contributed by atoms with Gasteiger partial charge in [0, 0.05) is 6.20 Å². The topological polar surface area (TPSA) is 63.3 Å². The lowest BCUT2D eigenvalue weighted by molar-refractivity contribution is 0.691. The lowest BCUT2D eigenvalue weighted by Crippen LogP contribution is -2.23. The number of pyridine rings is 1. The van der Waals surface area contributed by atoms with Crippen molar-refractivity contribution in [3.63, 3.8) is 0 Å². The van der Waals surface area contributed by atoms with E-state index < -0.39 is 0 Å². The molecule has 2 rings (SSSR count). The van der Waals surface area contributed by atoms with Crippen LogP contribution >= 0.6 is 0 Å². The van der Waals surface area contributed by atoms with Crippen LogP contribution in [-0.4, -0.2) is 17.5 Å². The fourth-order valence-corrected chi connectivity index (χ4v) is 1.84. The standard InChI is InChI=1S/C13H18N4/c14-13(17-12-8-4-5-9-15-12)16-10-11-6-2-1-3-7-11/h4-6,8-9H,1-3,7,10H2,(H3,14,15,16,17). The Morgan fingerprint density at radius 2 is 2.35 bits per heavy atom. The molecule has 0 radical (unpaired) electrons. The van der Waals surface area contributed by atoms with E-state index in [1.54, 1.807) is 6.20 Å². The van der Waals surface area contributed by atoms with Gasteiger partial charge in [0.15, 0.2) is 5.96 Å². The number of allylic oxidation sites excluding steroid dienone is 1. The summed E-state index contributed by atoms with van der Waals surface area (Å²) in [7, 11) is 0. The highest BCUT2D eigenvalue weighted by Crippen LogP contribution is 2.17. The van der Waals surface area contributed by atoms with Gasteiger partial charge in [-0.25, -0.2) is 9.98 Å².